The number of allylic oxidation sites excluding steroid dienone is 1. The highest BCUT2D eigenvalue weighted by molar-refractivity contribution is 7.93. The molecule has 0 unspecified atom stereocenters. The molecule has 1 amide bonds. The van der Waals surface area contributed by atoms with Crippen molar-refractivity contribution >= 4 is 57.8 Å². The molecule has 1 atom stereocenters. The molecule has 2 aromatic carbocycles. The maximum absolute atomic E-state index is 15.0. The molecule has 3 N–H and O–H groups in total. The van der Waals surface area contributed by atoms with Crippen LogP contribution >= 0.6 is 18.7 Å². The van der Waals surface area contributed by atoms with Crippen molar-refractivity contribution in [1.29, 1.82) is 5.26 Å². The smallest absolute Gasteiger partial charge is 0.265 e. The van der Waals surface area contributed by atoms with Crippen molar-refractivity contribution in [2.24, 2.45) is 5.73 Å². The second-order valence-corrected chi connectivity index (χ2v) is 9.91. The minimum Gasteiger partial charge on any atom is -0.364 e. The Hall–Kier alpha value is -3.20. The lowest BCUT2D eigenvalue weighted by molar-refractivity contribution is -0.109. The van der Waals surface area contributed by atoms with Gasteiger partial charge in [0.1, 0.15) is 5.69 Å². The van der Waals surface area contributed by atoms with E-state index in [0.717, 1.165) is 6.92 Å². The van der Waals surface area contributed by atoms with Crippen molar-refractivity contribution in [1.82, 2.24) is 4.98 Å². The van der Waals surface area contributed by atoms with Crippen LogP contribution in [0.4, 0.5) is 4.39 Å². The van der Waals surface area contributed by atoms with Gasteiger partial charge in [-0.15, -0.1) is 0 Å². The molecule has 0 saturated carbocycles. The van der Waals surface area contributed by atoms with Crippen molar-refractivity contribution in [3.63, 3.8) is 0 Å². The number of carbonyl (C=O) groups excluding carboxylic acids is 2. The molecule has 0 aliphatic rings. The molecule has 1 aromatic heterocycles. The van der Waals surface area contributed by atoms with Crippen molar-refractivity contribution < 1.29 is 18.5 Å². The molecule has 6 nitrogen and oxygen atoms in total. The summed E-state index contributed by atoms with van der Waals surface area (Å²) in [5.41, 5.74) is 5.70. The fourth-order valence-electron chi connectivity index (χ4n) is 3.37. The molecule has 0 radical (unpaired) electrons. The van der Waals surface area contributed by atoms with E-state index in [1.807, 2.05) is 6.07 Å². The molecule has 1 heterocycles. The summed E-state index contributed by atoms with van der Waals surface area (Å²) in [4.78, 5) is 27.6. The van der Waals surface area contributed by atoms with Gasteiger partial charge in [-0.25, -0.2) is 4.39 Å². The summed E-state index contributed by atoms with van der Waals surface area (Å²) in [5, 5.41) is 8.10. The number of halogens is 2. The largest absolute Gasteiger partial charge is 0.364 e. The van der Waals surface area contributed by atoms with Crippen LogP contribution in [0.1, 0.15) is 28.5 Å². The monoisotopic (exact) mass is 443 g/mol. The fraction of sp³-hybridized carbons (Fsp3) is 0.0952. The zero-order valence-corrected chi connectivity index (χ0v) is 17.6. The van der Waals surface area contributed by atoms with Gasteiger partial charge in [0.05, 0.1) is 16.4 Å². The lowest BCUT2D eigenvalue weighted by Crippen LogP contribution is -2.28. The molecule has 3 rings (SSSR count). The number of carbonyl (C=O) groups is 2. The average molecular weight is 444 g/mol. The molecule has 0 spiro atoms. The number of nitrogens with zero attached hydrogens (tertiary/aromatic N) is 1. The molecule has 30 heavy (non-hydrogen) atoms. The minimum atomic E-state index is -4.20. The molecule has 0 bridgehead atoms. The first kappa shape index (κ1) is 21.5. The molecule has 0 fully saturated rings. The van der Waals surface area contributed by atoms with Gasteiger partial charge in [0.25, 0.3) is 5.91 Å². The third-order valence-corrected chi connectivity index (χ3v) is 7.87. The third kappa shape index (κ3) is 3.45. The van der Waals surface area contributed by atoms with Crippen molar-refractivity contribution in [3.05, 3.63) is 64.1 Å². The van der Waals surface area contributed by atoms with E-state index in [-0.39, 0.29) is 32.2 Å². The van der Waals surface area contributed by atoms with Crippen LogP contribution < -0.4 is 16.3 Å². The quantitative estimate of drug-likeness (QED) is 0.461. The Morgan fingerprint density at radius 1 is 1.30 bits per heavy atom. The fourth-order valence-corrected chi connectivity index (χ4v) is 6.20. The second kappa shape index (κ2) is 7.91. The molecule has 3 aromatic rings. The maximum atomic E-state index is 15.0. The number of aryl methyl sites for hydroxylation is 1. The Labute approximate surface area is 176 Å². The van der Waals surface area contributed by atoms with Gasteiger partial charge in [-0.2, -0.15) is 5.26 Å². The number of hydrogen-bond donors (Lipinski definition) is 2. The Morgan fingerprint density at radius 3 is 2.60 bits per heavy atom. The molecular weight excluding hydrogens is 428 g/mol. The number of benzene rings is 2. The van der Waals surface area contributed by atoms with E-state index in [1.165, 1.54) is 36.4 Å². The molecule has 0 aliphatic carbocycles. The van der Waals surface area contributed by atoms with Gasteiger partial charge >= 0.3 is 0 Å². The van der Waals surface area contributed by atoms with Crippen LogP contribution in [-0.4, -0.2) is 16.4 Å². The number of nitriles is 1. The van der Waals surface area contributed by atoms with E-state index < -0.39 is 24.4 Å². The summed E-state index contributed by atoms with van der Waals surface area (Å²) in [6, 6.07) is 9.27. The number of amides is 1. The number of fused-ring (bicyclic) bond motifs is 1. The lowest BCUT2D eigenvalue weighted by Gasteiger charge is -2.18. The summed E-state index contributed by atoms with van der Waals surface area (Å²) >= 11 is 5.91. The highest BCUT2D eigenvalue weighted by Gasteiger charge is 2.40. The highest BCUT2D eigenvalue weighted by Crippen LogP contribution is 2.48. The summed E-state index contributed by atoms with van der Waals surface area (Å²) in [6.45, 7) is 2.83. The highest BCUT2D eigenvalue weighted by atomic mass is 35.5. The number of nitrogens with two attached hydrogens (primary N) is 1. The number of nitrogens with one attached hydrogen (secondary N) is 1. The lowest BCUT2D eigenvalue weighted by atomic mass is 10.1. The van der Waals surface area contributed by atoms with Crippen LogP contribution in [0.3, 0.4) is 0 Å². The van der Waals surface area contributed by atoms with Gasteiger partial charge in [0.2, 0.25) is 7.14 Å². The predicted octanol–water partition coefficient (Wildman–Crippen LogP) is 3.76. The molecule has 9 heteroatoms. The summed E-state index contributed by atoms with van der Waals surface area (Å²) in [5.74, 6) is -1.90. The number of hydrogen-bond acceptors (Lipinski definition) is 4. The first-order valence-corrected chi connectivity index (χ1v) is 10.8. The van der Waals surface area contributed by atoms with Gasteiger partial charge in [-0.1, -0.05) is 17.7 Å². The topological polar surface area (TPSA) is 117 Å². The van der Waals surface area contributed by atoms with E-state index >= 15 is 0 Å². The van der Waals surface area contributed by atoms with E-state index in [2.05, 4.69) is 4.98 Å². The summed E-state index contributed by atoms with van der Waals surface area (Å²) in [6.07, 6.45) is 2.72. The van der Waals surface area contributed by atoms with Crippen LogP contribution in [0, 0.1) is 24.1 Å². The minimum absolute atomic E-state index is 0.0929. The second-order valence-electron chi connectivity index (χ2n) is 6.69. The summed E-state index contributed by atoms with van der Waals surface area (Å²) in [7, 11) is -4.20. The maximum Gasteiger partial charge on any atom is 0.265 e. The van der Waals surface area contributed by atoms with Gasteiger partial charge in [0, 0.05) is 29.2 Å². The van der Waals surface area contributed by atoms with Crippen LogP contribution in [0.15, 0.2) is 36.4 Å². The molecule has 152 valence electrons. The van der Waals surface area contributed by atoms with E-state index in [1.54, 1.807) is 13.0 Å². The van der Waals surface area contributed by atoms with E-state index in [9.17, 15) is 18.5 Å². The first-order chi connectivity index (χ1) is 14.1. The van der Waals surface area contributed by atoms with Gasteiger partial charge in [-0.3, -0.25) is 9.59 Å². The van der Waals surface area contributed by atoms with E-state index in [0.29, 0.717) is 11.1 Å². The number of aromatic nitrogens is 1. The zero-order chi connectivity index (χ0) is 22.2. The first-order valence-electron chi connectivity index (χ1n) is 8.71. The van der Waals surface area contributed by atoms with Gasteiger partial charge in [0.15, 0.2) is 11.3 Å². The number of rotatable bonds is 5. The van der Waals surface area contributed by atoms with Gasteiger partial charge in [-0.05, 0) is 48.4 Å². The number of aromatic amines is 1. The average Bonchev–Trinajstić information content (AvgIpc) is 3.09. The van der Waals surface area contributed by atoms with Gasteiger partial charge < -0.3 is 15.3 Å². The Morgan fingerprint density at radius 2 is 2.00 bits per heavy atom. The van der Waals surface area contributed by atoms with Crippen LogP contribution in [0.5, 0.6) is 0 Å². The Balaban J connectivity index is 2.49. The zero-order valence-electron chi connectivity index (χ0n) is 16.0. The van der Waals surface area contributed by atoms with Crippen molar-refractivity contribution in [2.75, 3.05) is 0 Å². The molecular formula is C21H16ClFN3O3P. The third-order valence-electron chi connectivity index (χ3n) is 4.63. The number of primary amides is 1. The Bertz CT molecular complexity index is 1340. The van der Waals surface area contributed by atoms with E-state index in [4.69, 9.17) is 22.6 Å². The SMILES string of the molecule is CC(=O)[P@](=O)(c1cc(C)cc(/C=C/C#N)c1)c1c(C(N)=O)[nH]c2ccc(Cl)c(F)c12. The van der Waals surface area contributed by atoms with Crippen LogP contribution in [0.25, 0.3) is 17.0 Å². The summed E-state index contributed by atoms with van der Waals surface area (Å²) < 4.78 is 29.3. The Kier molecular flexibility index (Phi) is 5.67. The standard InChI is InChI=1S/C21H16ClFN3O3P/c1-11-8-13(4-3-7-24)10-14(9-11)30(29,12(2)27)20-17-16(26-19(20)21(25)28)6-5-15(22)18(17)23/h3-6,8-10,26H,1-2H3,(H2,25,28)/b4-3+/t30-/m0/s1. The van der Waals surface area contributed by atoms with Crippen molar-refractivity contribution in [3.8, 4) is 6.07 Å². The van der Waals surface area contributed by atoms with Crippen LogP contribution in [-0.2, 0) is 9.36 Å². The van der Waals surface area contributed by atoms with Crippen molar-refractivity contribution in [2.45, 2.75) is 13.8 Å². The number of H-pyrrole nitrogens is 1. The predicted molar refractivity (Wildman–Crippen MR) is 115 cm³/mol. The van der Waals surface area contributed by atoms with Crippen LogP contribution in [0.2, 0.25) is 5.02 Å². The molecule has 0 saturated heterocycles. The molecule has 0 aliphatic heterocycles. The normalized spacial score (nSPS) is 13.3.